The van der Waals surface area contributed by atoms with Crippen LogP contribution in [0, 0.1) is 23.7 Å². The van der Waals surface area contributed by atoms with Crippen LogP contribution in [-0.4, -0.2) is 0 Å². The fraction of sp³-hybridized carbons (Fsp3) is 0.727. The van der Waals surface area contributed by atoms with Gasteiger partial charge in [0.05, 0.1) is 0 Å². The molecule has 0 amide bonds. The minimum Gasteiger partial charge on any atom is -0.103 e. The molecule has 0 heterocycles. The lowest BCUT2D eigenvalue weighted by molar-refractivity contribution is 0.153. The highest BCUT2D eigenvalue weighted by molar-refractivity contribution is 4.93. The van der Waals surface area contributed by atoms with Crippen LogP contribution >= 0.6 is 0 Å². The van der Waals surface area contributed by atoms with E-state index in [0.717, 1.165) is 30.1 Å². The van der Waals surface area contributed by atoms with Crippen LogP contribution in [0.3, 0.4) is 0 Å². The summed E-state index contributed by atoms with van der Waals surface area (Å²) in [5.41, 5.74) is 0. The smallest absolute Gasteiger partial charge is 0.0233 e. The first-order valence-electron chi connectivity index (χ1n) is 9.72. The van der Waals surface area contributed by atoms with E-state index in [1.807, 2.05) is 6.08 Å². The van der Waals surface area contributed by atoms with E-state index < -0.39 is 0 Å². The van der Waals surface area contributed by atoms with Gasteiger partial charge in [0.1, 0.15) is 0 Å². The van der Waals surface area contributed by atoms with Crippen molar-refractivity contribution in [2.75, 3.05) is 0 Å². The average Bonchev–Trinajstić information content (AvgIpc) is 2.58. The maximum absolute atomic E-state index is 3.86. The average molecular weight is 301 g/mol. The molecule has 0 aromatic carbocycles. The monoisotopic (exact) mass is 300 g/mol. The maximum Gasteiger partial charge on any atom is -0.0233 e. The fourth-order valence-corrected chi connectivity index (χ4v) is 4.61. The van der Waals surface area contributed by atoms with Crippen LogP contribution in [0.2, 0.25) is 0 Å². The molecule has 0 aliphatic heterocycles. The molecular weight excluding hydrogens is 264 g/mol. The normalized spacial score (nSPS) is 32.9. The van der Waals surface area contributed by atoms with Crippen molar-refractivity contribution in [3.8, 4) is 0 Å². The summed E-state index contributed by atoms with van der Waals surface area (Å²) in [6, 6.07) is 0. The van der Waals surface area contributed by atoms with E-state index in [2.05, 4.69) is 31.4 Å². The highest BCUT2D eigenvalue weighted by Gasteiger charge is 2.29. The standard InChI is InChI=1S/C22H36/c1-3-5-7-8-10-20-13-17-22(18-14-20)21-15-11-19(12-16-21)9-6-4-2/h3-4,8,10,19-22H,1-2,5-7,9,11-18H2. The van der Waals surface area contributed by atoms with Crippen LogP contribution in [-0.2, 0) is 0 Å². The Balaban J connectivity index is 1.64. The van der Waals surface area contributed by atoms with Gasteiger partial charge in [0.15, 0.2) is 0 Å². The molecule has 124 valence electrons. The predicted octanol–water partition coefficient (Wildman–Crippen LogP) is 7.09. The first-order valence-corrected chi connectivity index (χ1v) is 9.72. The minimum atomic E-state index is 0.866. The van der Waals surface area contributed by atoms with Crippen LogP contribution in [0.15, 0.2) is 37.5 Å². The van der Waals surface area contributed by atoms with Crippen LogP contribution in [0.5, 0.6) is 0 Å². The third-order valence-electron chi connectivity index (χ3n) is 6.10. The number of unbranched alkanes of at least 4 members (excludes halogenated alkanes) is 1. The van der Waals surface area contributed by atoms with Crippen molar-refractivity contribution in [1.82, 2.24) is 0 Å². The zero-order valence-corrected chi connectivity index (χ0v) is 14.5. The second-order valence-electron chi connectivity index (χ2n) is 7.62. The summed E-state index contributed by atoms with van der Waals surface area (Å²) in [5.74, 6) is 3.95. The summed E-state index contributed by atoms with van der Waals surface area (Å²) >= 11 is 0. The molecule has 0 bridgehead atoms. The SMILES string of the molecule is C=CCCC=CC1CCC(C2CCC(CCC=C)CC2)CC1. The van der Waals surface area contributed by atoms with Crippen molar-refractivity contribution < 1.29 is 0 Å². The van der Waals surface area contributed by atoms with E-state index in [9.17, 15) is 0 Å². The van der Waals surface area contributed by atoms with Crippen LogP contribution < -0.4 is 0 Å². The van der Waals surface area contributed by atoms with E-state index in [1.54, 1.807) is 0 Å². The van der Waals surface area contributed by atoms with Gasteiger partial charge < -0.3 is 0 Å². The van der Waals surface area contributed by atoms with E-state index in [4.69, 9.17) is 0 Å². The molecule has 2 rings (SSSR count). The minimum absolute atomic E-state index is 0.866. The number of hydrogen-bond donors (Lipinski definition) is 0. The lowest BCUT2D eigenvalue weighted by Gasteiger charge is -2.37. The van der Waals surface area contributed by atoms with E-state index in [-0.39, 0.29) is 0 Å². The molecule has 0 radical (unpaired) electrons. The summed E-state index contributed by atoms with van der Waals surface area (Å²) in [7, 11) is 0. The quantitative estimate of drug-likeness (QED) is 0.331. The summed E-state index contributed by atoms with van der Waals surface area (Å²) in [5, 5.41) is 0. The first kappa shape index (κ1) is 17.6. The Morgan fingerprint density at radius 3 is 1.86 bits per heavy atom. The fourth-order valence-electron chi connectivity index (χ4n) is 4.61. The third kappa shape index (κ3) is 5.78. The van der Waals surface area contributed by atoms with Crippen molar-refractivity contribution in [3.05, 3.63) is 37.5 Å². The Labute approximate surface area is 138 Å². The van der Waals surface area contributed by atoms with Crippen LogP contribution in [0.4, 0.5) is 0 Å². The van der Waals surface area contributed by atoms with Gasteiger partial charge >= 0.3 is 0 Å². The lowest BCUT2D eigenvalue weighted by Crippen LogP contribution is -2.25. The zero-order chi connectivity index (χ0) is 15.6. The zero-order valence-electron chi connectivity index (χ0n) is 14.5. The summed E-state index contributed by atoms with van der Waals surface area (Å²) in [6.07, 6.45) is 25.7. The maximum atomic E-state index is 3.86. The van der Waals surface area contributed by atoms with Crippen LogP contribution in [0.1, 0.15) is 77.0 Å². The Morgan fingerprint density at radius 2 is 1.27 bits per heavy atom. The van der Waals surface area contributed by atoms with E-state index in [0.29, 0.717) is 0 Å². The molecule has 0 N–H and O–H groups in total. The van der Waals surface area contributed by atoms with Gasteiger partial charge in [0.2, 0.25) is 0 Å². The van der Waals surface area contributed by atoms with Gasteiger partial charge in [-0.1, -0.05) is 37.1 Å². The molecule has 2 aliphatic rings. The van der Waals surface area contributed by atoms with Gasteiger partial charge in [-0.25, -0.2) is 0 Å². The van der Waals surface area contributed by atoms with Gasteiger partial charge in [0.25, 0.3) is 0 Å². The largest absolute Gasteiger partial charge is 0.103 e. The molecule has 0 aromatic rings. The topological polar surface area (TPSA) is 0 Å². The Kier molecular flexibility index (Phi) is 8.05. The highest BCUT2D eigenvalue weighted by atomic mass is 14.3. The molecular formula is C22H36. The van der Waals surface area contributed by atoms with Crippen molar-refractivity contribution in [2.24, 2.45) is 23.7 Å². The van der Waals surface area contributed by atoms with Gasteiger partial charge in [-0.3, -0.25) is 0 Å². The Hall–Kier alpha value is -0.780. The van der Waals surface area contributed by atoms with Gasteiger partial charge in [-0.05, 0) is 87.9 Å². The first-order chi connectivity index (χ1) is 10.8. The molecule has 2 aliphatic carbocycles. The molecule has 2 saturated carbocycles. The van der Waals surface area contributed by atoms with E-state index in [1.165, 1.54) is 70.6 Å². The summed E-state index contributed by atoms with van der Waals surface area (Å²) in [4.78, 5) is 0. The Bertz CT molecular complexity index is 335. The van der Waals surface area contributed by atoms with Gasteiger partial charge in [-0.15, -0.1) is 13.2 Å². The van der Waals surface area contributed by atoms with Crippen molar-refractivity contribution in [3.63, 3.8) is 0 Å². The molecule has 0 spiro atoms. The number of allylic oxidation sites excluding steroid dienone is 4. The number of rotatable bonds is 8. The molecule has 22 heavy (non-hydrogen) atoms. The van der Waals surface area contributed by atoms with Crippen molar-refractivity contribution >= 4 is 0 Å². The summed E-state index contributed by atoms with van der Waals surface area (Å²) < 4.78 is 0. The molecule has 0 atom stereocenters. The predicted molar refractivity (Wildman–Crippen MR) is 98.9 cm³/mol. The van der Waals surface area contributed by atoms with Gasteiger partial charge in [-0.2, -0.15) is 0 Å². The molecule has 0 saturated heterocycles. The van der Waals surface area contributed by atoms with Gasteiger partial charge in [0, 0.05) is 0 Å². The van der Waals surface area contributed by atoms with Crippen LogP contribution in [0.25, 0.3) is 0 Å². The second-order valence-corrected chi connectivity index (χ2v) is 7.62. The highest BCUT2D eigenvalue weighted by Crippen LogP contribution is 2.42. The van der Waals surface area contributed by atoms with Crippen molar-refractivity contribution in [2.45, 2.75) is 77.0 Å². The molecule has 2 fully saturated rings. The van der Waals surface area contributed by atoms with E-state index >= 15 is 0 Å². The summed E-state index contributed by atoms with van der Waals surface area (Å²) in [6.45, 7) is 7.65. The molecule has 0 heteroatoms. The molecule has 0 unspecified atom stereocenters. The molecule has 0 aromatic heterocycles. The Morgan fingerprint density at radius 1 is 0.682 bits per heavy atom. The molecule has 0 nitrogen and oxygen atoms in total. The second kappa shape index (κ2) is 10.1. The third-order valence-corrected chi connectivity index (χ3v) is 6.10. The lowest BCUT2D eigenvalue weighted by atomic mass is 9.68. The van der Waals surface area contributed by atoms with Crippen molar-refractivity contribution in [1.29, 1.82) is 0 Å². The number of hydrogen-bond acceptors (Lipinski definition) is 0.